The molecule has 0 saturated heterocycles. The lowest BCUT2D eigenvalue weighted by Crippen LogP contribution is -2.30. The van der Waals surface area contributed by atoms with Crippen LogP contribution >= 0.6 is 23.2 Å². The predicted molar refractivity (Wildman–Crippen MR) is 94.5 cm³/mol. The fourth-order valence-corrected chi connectivity index (χ4v) is 2.71. The number of ether oxygens (including phenoxy) is 1. The number of benzene rings is 2. The smallest absolute Gasteiger partial charge is 0.238 e. The van der Waals surface area contributed by atoms with Gasteiger partial charge in [0, 0.05) is 11.1 Å². The fraction of sp³-hybridized carbons (Fsp3) is 0.235. The van der Waals surface area contributed by atoms with Gasteiger partial charge in [0.2, 0.25) is 5.91 Å². The minimum atomic E-state index is -0.553. The molecule has 0 aromatic heterocycles. The highest BCUT2D eigenvalue weighted by Crippen LogP contribution is 2.28. The molecule has 2 rings (SSSR count). The average Bonchev–Trinajstić information content (AvgIpc) is 2.56. The number of para-hydroxylation sites is 2. The maximum Gasteiger partial charge on any atom is 0.238 e. The molecule has 0 aliphatic rings. The molecule has 7 heteroatoms. The third-order valence-electron chi connectivity index (χ3n) is 3.46. The summed E-state index contributed by atoms with van der Waals surface area (Å²) in [6.07, 6.45) is 0. The van der Waals surface area contributed by atoms with Crippen LogP contribution in [0, 0.1) is 5.82 Å². The molecule has 4 nitrogen and oxygen atoms in total. The summed E-state index contributed by atoms with van der Waals surface area (Å²) in [5.41, 5.74) is 1.11. The summed E-state index contributed by atoms with van der Waals surface area (Å²) in [6.45, 7) is 1.81. The Kier molecular flexibility index (Phi) is 6.43. The molecule has 1 atom stereocenters. The Labute approximate surface area is 149 Å². The van der Waals surface area contributed by atoms with Crippen LogP contribution in [0.15, 0.2) is 36.4 Å². The molecule has 128 valence electrons. The van der Waals surface area contributed by atoms with Crippen molar-refractivity contribution in [3.05, 3.63) is 57.8 Å². The number of amides is 1. The second kappa shape index (κ2) is 8.33. The molecule has 2 aromatic carbocycles. The van der Waals surface area contributed by atoms with Crippen LogP contribution in [0.2, 0.25) is 10.0 Å². The van der Waals surface area contributed by atoms with Gasteiger partial charge in [0.15, 0.2) is 0 Å². The van der Waals surface area contributed by atoms with Gasteiger partial charge in [0.05, 0.1) is 24.4 Å². The van der Waals surface area contributed by atoms with Gasteiger partial charge in [-0.05, 0) is 36.8 Å². The Hall–Kier alpha value is -1.82. The maximum atomic E-state index is 13.6. The first-order valence-electron chi connectivity index (χ1n) is 7.23. The zero-order chi connectivity index (χ0) is 17.7. The molecule has 0 spiro atoms. The number of halogens is 3. The Bertz CT molecular complexity index is 741. The van der Waals surface area contributed by atoms with Crippen molar-refractivity contribution in [1.29, 1.82) is 0 Å². The van der Waals surface area contributed by atoms with Gasteiger partial charge >= 0.3 is 0 Å². The number of nitrogens with one attached hydrogen (secondary N) is 2. The molecule has 2 aromatic rings. The lowest BCUT2D eigenvalue weighted by atomic mass is 10.1. The van der Waals surface area contributed by atoms with Crippen molar-refractivity contribution in [3.8, 4) is 5.75 Å². The number of carbonyl (C=O) groups is 1. The van der Waals surface area contributed by atoms with Gasteiger partial charge in [0.25, 0.3) is 0 Å². The van der Waals surface area contributed by atoms with Crippen LogP contribution in [0.25, 0.3) is 0 Å². The highest BCUT2D eigenvalue weighted by Gasteiger charge is 2.15. The van der Waals surface area contributed by atoms with Crippen LogP contribution < -0.4 is 15.4 Å². The van der Waals surface area contributed by atoms with E-state index in [4.69, 9.17) is 27.9 Å². The van der Waals surface area contributed by atoms with Gasteiger partial charge in [-0.25, -0.2) is 4.39 Å². The van der Waals surface area contributed by atoms with Gasteiger partial charge in [0.1, 0.15) is 11.6 Å². The Morgan fingerprint density at radius 3 is 2.67 bits per heavy atom. The third kappa shape index (κ3) is 4.60. The third-order valence-corrected chi connectivity index (χ3v) is 4.07. The average molecular weight is 371 g/mol. The predicted octanol–water partition coefficient (Wildman–Crippen LogP) is 4.43. The van der Waals surface area contributed by atoms with E-state index < -0.39 is 5.82 Å². The second-order valence-corrected chi connectivity index (χ2v) is 5.95. The summed E-state index contributed by atoms with van der Waals surface area (Å²) in [5, 5.41) is 6.05. The molecule has 24 heavy (non-hydrogen) atoms. The normalized spacial score (nSPS) is 11.9. The van der Waals surface area contributed by atoms with Gasteiger partial charge in [-0.2, -0.15) is 0 Å². The summed E-state index contributed by atoms with van der Waals surface area (Å²) in [6, 6.07) is 9.39. The van der Waals surface area contributed by atoms with E-state index in [2.05, 4.69) is 10.6 Å². The number of rotatable bonds is 6. The maximum absolute atomic E-state index is 13.6. The fourth-order valence-electron chi connectivity index (χ4n) is 2.17. The van der Waals surface area contributed by atoms with Gasteiger partial charge in [-0.15, -0.1) is 0 Å². The Balaban J connectivity index is 1.97. The number of hydrogen-bond donors (Lipinski definition) is 2. The van der Waals surface area contributed by atoms with E-state index in [-0.39, 0.29) is 23.5 Å². The molecule has 0 fully saturated rings. The number of hydrogen-bond acceptors (Lipinski definition) is 3. The van der Waals surface area contributed by atoms with Crippen molar-refractivity contribution in [2.75, 3.05) is 19.0 Å². The molecular weight excluding hydrogens is 354 g/mol. The van der Waals surface area contributed by atoms with E-state index in [9.17, 15) is 9.18 Å². The molecule has 0 bridgehead atoms. The highest BCUT2D eigenvalue weighted by molar-refractivity contribution is 6.35. The molecule has 0 saturated carbocycles. The zero-order valence-electron chi connectivity index (χ0n) is 13.2. The molecule has 0 heterocycles. The molecular formula is C17H17Cl2FN2O2. The summed E-state index contributed by atoms with van der Waals surface area (Å²) in [7, 11) is 1.53. The SMILES string of the molecule is COc1ccccc1NC(=O)CN[C@@H](C)c1cc(F)c(Cl)cc1Cl. The summed E-state index contributed by atoms with van der Waals surface area (Å²) in [5.74, 6) is -0.234. The van der Waals surface area contributed by atoms with Crippen LogP contribution in [0.4, 0.5) is 10.1 Å². The Morgan fingerprint density at radius 1 is 1.25 bits per heavy atom. The van der Waals surface area contributed by atoms with E-state index in [0.717, 1.165) is 0 Å². The summed E-state index contributed by atoms with van der Waals surface area (Å²) < 4.78 is 18.8. The molecule has 0 aliphatic heterocycles. The van der Waals surface area contributed by atoms with Crippen LogP contribution in [-0.4, -0.2) is 19.6 Å². The topological polar surface area (TPSA) is 50.4 Å². The second-order valence-electron chi connectivity index (χ2n) is 5.14. The van der Waals surface area contributed by atoms with Crippen molar-refractivity contribution in [3.63, 3.8) is 0 Å². The van der Waals surface area contributed by atoms with Crippen molar-refractivity contribution in [2.24, 2.45) is 0 Å². The van der Waals surface area contributed by atoms with Crippen LogP contribution in [-0.2, 0) is 4.79 Å². The minimum Gasteiger partial charge on any atom is -0.495 e. The lowest BCUT2D eigenvalue weighted by Gasteiger charge is -2.16. The number of anilines is 1. The number of carbonyl (C=O) groups excluding carboxylic acids is 1. The highest BCUT2D eigenvalue weighted by atomic mass is 35.5. The summed E-state index contributed by atoms with van der Waals surface area (Å²) >= 11 is 11.8. The standard InChI is InChI=1S/C17H17Cl2FN2O2/c1-10(11-7-14(20)13(19)8-12(11)18)21-9-17(23)22-15-5-3-4-6-16(15)24-2/h3-8,10,21H,9H2,1-2H3,(H,22,23)/t10-/m0/s1. The summed E-state index contributed by atoms with van der Waals surface area (Å²) in [4.78, 5) is 12.1. The first kappa shape index (κ1) is 18.5. The minimum absolute atomic E-state index is 0.0276. The van der Waals surface area contributed by atoms with Crippen LogP contribution in [0.1, 0.15) is 18.5 Å². The van der Waals surface area contributed by atoms with E-state index in [0.29, 0.717) is 22.0 Å². The van der Waals surface area contributed by atoms with E-state index in [1.807, 2.05) is 6.07 Å². The zero-order valence-corrected chi connectivity index (χ0v) is 14.7. The van der Waals surface area contributed by atoms with Gasteiger partial charge in [-0.1, -0.05) is 35.3 Å². The van der Waals surface area contributed by atoms with Crippen LogP contribution in [0.5, 0.6) is 5.75 Å². The molecule has 0 unspecified atom stereocenters. The molecule has 0 radical (unpaired) electrons. The largest absolute Gasteiger partial charge is 0.495 e. The van der Waals surface area contributed by atoms with Crippen molar-refractivity contribution in [1.82, 2.24) is 5.32 Å². The van der Waals surface area contributed by atoms with E-state index >= 15 is 0 Å². The van der Waals surface area contributed by atoms with Crippen LogP contribution in [0.3, 0.4) is 0 Å². The van der Waals surface area contributed by atoms with Crippen molar-refractivity contribution >= 4 is 34.8 Å². The van der Waals surface area contributed by atoms with Crippen molar-refractivity contribution < 1.29 is 13.9 Å². The van der Waals surface area contributed by atoms with Gasteiger partial charge in [-0.3, -0.25) is 4.79 Å². The van der Waals surface area contributed by atoms with E-state index in [1.54, 1.807) is 25.1 Å². The molecule has 0 aliphatic carbocycles. The first-order valence-corrected chi connectivity index (χ1v) is 7.98. The quantitative estimate of drug-likeness (QED) is 0.739. The monoisotopic (exact) mass is 370 g/mol. The van der Waals surface area contributed by atoms with Crippen molar-refractivity contribution in [2.45, 2.75) is 13.0 Å². The first-order chi connectivity index (χ1) is 11.4. The molecule has 1 amide bonds. The van der Waals surface area contributed by atoms with E-state index in [1.165, 1.54) is 19.2 Å². The lowest BCUT2D eigenvalue weighted by molar-refractivity contribution is -0.115. The number of methoxy groups -OCH3 is 1. The Morgan fingerprint density at radius 2 is 1.96 bits per heavy atom. The van der Waals surface area contributed by atoms with Gasteiger partial charge < -0.3 is 15.4 Å². The molecule has 2 N–H and O–H groups in total.